The van der Waals surface area contributed by atoms with Gasteiger partial charge in [-0.15, -0.1) is 0 Å². The third kappa shape index (κ3) is 8.37. The van der Waals surface area contributed by atoms with Crippen LogP contribution in [0, 0.1) is 5.92 Å². The van der Waals surface area contributed by atoms with Crippen LogP contribution in [0.25, 0.3) is 0 Å². The number of rotatable bonds is 13. The number of hydrogen-bond acceptors (Lipinski definition) is 4. The van der Waals surface area contributed by atoms with Gasteiger partial charge in [0, 0.05) is 50.3 Å². The number of piperidine rings is 1. The fourth-order valence-corrected chi connectivity index (χ4v) is 4.62. The van der Waals surface area contributed by atoms with E-state index in [2.05, 4.69) is 29.4 Å². The van der Waals surface area contributed by atoms with Crippen molar-refractivity contribution in [3.63, 3.8) is 0 Å². The number of anilines is 2. The summed E-state index contributed by atoms with van der Waals surface area (Å²) in [6, 6.07) is 13.5. The average Bonchev–Trinajstić information content (AvgIpc) is 2.90. The third-order valence-electron chi connectivity index (χ3n) is 6.97. The van der Waals surface area contributed by atoms with Crippen molar-refractivity contribution in [2.24, 2.45) is 5.92 Å². The highest BCUT2D eigenvalue weighted by Gasteiger charge is 2.22. The van der Waals surface area contributed by atoms with Crippen LogP contribution in [0.2, 0.25) is 0 Å². The molecule has 1 heterocycles. The summed E-state index contributed by atoms with van der Waals surface area (Å²) in [6.07, 6.45) is 8.94. The Hall–Kier alpha value is -2.86. The van der Waals surface area contributed by atoms with E-state index < -0.39 is 0 Å². The largest absolute Gasteiger partial charge is 0.385 e. The summed E-state index contributed by atoms with van der Waals surface area (Å²) in [5.74, 6) is 0.413. The van der Waals surface area contributed by atoms with Gasteiger partial charge in [-0.25, -0.2) is 0 Å². The molecule has 1 saturated heterocycles. The van der Waals surface area contributed by atoms with E-state index in [0.29, 0.717) is 35.9 Å². The van der Waals surface area contributed by atoms with Gasteiger partial charge in [-0.05, 0) is 73.9 Å². The van der Waals surface area contributed by atoms with Crippen LogP contribution in [0.5, 0.6) is 0 Å². The molecule has 2 amide bonds. The van der Waals surface area contributed by atoms with Gasteiger partial charge in [-0.1, -0.05) is 45.2 Å². The molecule has 36 heavy (non-hydrogen) atoms. The molecule has 3 rings (SSSR count). The molecule has 6 heteroatoms. The molecule has 6 nitrogen and oxygen atoms in total. The maximum atomic E-state index is 13.1. The molecule has 1 aliphatic heterocycles. The Labute approximate surface area is 216 Å². The first kappa shape index (κ1) is 27.7. The maximum Gasteiger partial charge on any atom is 0.255 e. The minimum atomic E-state index is -0.168. The second-order valence-corrected chi connectivity index (χ2v) is 9.97. The fraction of sp³-hybridized carbons (Fsp3) is 0.533. The number of methoxy groups -OCH3 is 1. The van der Waals surface area contributed by atoms with Crippen LogP contribution in [0.4, 0.5) is 11.4 Å². The Bertz CT molecular complexity index is 966. The van der Waals surface area contributed by atoms with Gasteiger partial charge in [0.15, 0.2) is 0 Å². The normalized spacial score (nSPS) is 14.0. The van der Waals surface area contributed by atoms with E-state index in [4.69, 9.17) is 4.74 Å². The predicted molar refractivity (Wildman–Crippen MR) is 148 cm³/mol. The van der Waals surface area contributed by atoms with Crippen LogP contribution in [0.15, 0.2) is 42.5 Å². The molecular weight excluding hydrogens is 450 g/mol. The standard InChI is InChI=1S/C30H43N3O3/c1-4-5-6-7-9-24-10-12-25(13-11-24)29(34)32-26-14-15-28(33-19-16-23(2)17-20-33)27(22-26)30(35)31-18-8-21-36-3/h10-15,22-23H,4-9,16-21H2,1-3H3,(H,31,35)(H,32,34). The predicted octanol–water partition coefficient (Wildman–Crippen LogP) is 6.06. The second kappa shape index (κ2) is 14.6. The molecule has 0 atom stereocenters. The topological polar surface area (TPSA) is 70.7 Å². The third-order valence-corrected chi connectivity index (χ3v) is 6.97. The lowest BCUT2D eigenvalue weighted by Gasteiger charge is -2.33. The molecule has 1 aliphatic rings. The molecule has 0 unspecified atom stereocenters. The number of carbonyl (C=O) groups excluding carboxylic acids is 2. The van der Waals surface area contributed by atoms with E-state index in [0.717, 1.165) is 44.5 Å². The van der Waals surface area contributed by atoms with Crippen LogP contribution >= 0.6 is 0 Å². The molecule has 196 valence electrons. The Morgan fingerprint density at radius 2 is 1.72 bits per heavy atom. The zero-order chi connectivity index (χ0) is 25.8. The molecule has 0 bridgehead atoms. The first-order chi connectivity index (χ1) is 17.5. The number of hydrogen-bond donors (Lipinski definition) is 2. The van der Waals surface area contributed by atoms with Gasteiger partial charge in [-0.2, -0.15) is 0 Å². The molecule has 0 radical (unpaired) electrons. The molecule has 0 aromatic heterocycles. The highest BCUT2D eigenvalue weighted by molar-refractivity contribution is 6.06. The van der Waals surface area contributed by atoms with Crippen molar-refractivity contribution < 1.29 is 14.3 Å². The monoisotopic (exact) mass is 493 g/mol. The van der Waals surface area contributed by atoms with Crippen LogP contribution in [-0.4, -0.2) is 45.2 Å². The molecular formula is C30H43N3O3. The van der Waals surface area contributed by atoms with E-state index in [1.54, 1.807) is 13.2 Å². The highest BCUT2D eigenvalue weighted by Crippen LogP contribution is 2.29. The first-order valence-electron chi connectivity index (χ1n) is 13.6. The van der Waals surface area contributed by atoms with Crippen molar-refractivity contribution in [1.29, 1.82) is 0 Å². The van der Waals surface area contributed by atoms with Gasteiger partial charge in [-0.3, -0.25) is 9.59 Å². The average molecular weight is 494 g/mol. The van der Waals surface area contributed by atoms with E-state index >= 15 is 0 Å². The van der Waals surface area contributed by atoms with Crippen molar-refractivity contribution in [2.45, 2.75) is 65.2 Å². The van der Waals surface area contributed by atoms with Crippen molar-refractivity contribution in [3.8, 4) is 0 Å². The second-order valence-electron chi connectivity index (χ2n) is 9.97. The molecule has 0 aliphatic carbocycles. The highest BCUT2D eigenvalue weighted by atomic mass is 16.5. The van der Waals surface area contributed by atoms with E-state index in [-0.39, 0.29) is 11.8 Å². The van der Waals surface area contributed by atoms with Crippen molar-refractivity contribution in [2.75, 3.05) is 43.6 Å². The maximum absolute atomic E-state index is 13.1. The van der Waals surface area contributed by atoms with Gasteiger partial charge in [0.25, 0.3) is 11.8 Å². The molecule has 0 saturated carbocycles. The van der Waals surface area contributed by atoms with Gasteiger partial charge >= 0.3 is 0 Å². The summed E-state index contributed by atoms with van der Waals surface area (Å²) in [5, 5.41) is 6.00. The van der Waals surface area contributed by atoms with E-state index in [1.165, 1.54) is 31.2 Å². The lowest BCUT2D eigenvalue weighted by molar-refractivity contribution is 0.0947. The van der Waals surface area contributed by atoms with Crippen LogP contribution < -0.4 is 15.5 Å². The minimum absolute atomic E-state index is 0.122. The zero-order valence-electron chi connectivity index (χ0n) is 22.3. The Morgan fingerprint density at radius 1 is 0.972 bits per heavy atom. The van der Waals surface area contributed by atoms with Gasteiger partial charge in [0.05, 0.1) is 5.56 Å². The van der Waals surface area contributed by atoms with E-state index in [1.807, 2.05) is 36.4 Å². The molecule has 2 N–H and O–H groups in total. The van der Waals surface area contributed by atoms with Crippen LogP contribution in [-0.2, 0) is 11.2 Å². The number of benzene rings is 2. The number of carbonyl (C=O) groups is 2. The molecule has 2 aromatic carbocycles. The number of aryl methyl sites for hydroxylation is 1. The fourth-order valence-electron chi connectivity index (χ4n) is 4.62. The summed E-state index contributed by atoms with van der Waals surface area (Å²) >= 11 is 0. The Balaban J connectivity index is 1.70. The molecule has 2 aromatic rings. The summed E-state index contributed by atoms with van der Waals surface area (Å²) < 4.78 is 5.09. The van der Waals surface area contributed by atoms with Gasteiger partial charge < -0.3 is 20.3 Å². The number of nitrogens with zero attached hydrogens (tertiary/aromatic N) is 1. The molecule has 0 spiro atoms. The van der Waals surface area contributed by atoms with Crippen LogP contribution in [0.1, 0.15) is 85.1 Å². The lowest BCUT2D eigenvalue weighted by atomic mass is 9.97. The van der Waals surface area contributed by atoms with Crippen molar-refractivity contribution >= 4 is 23.2 Å². The van der Waals surface area contributed by atoms with Crippen LogP contribution in [0.3, 0.4) is 0 Å². The van der Waals surface area contributed by atoms with Gasteiger partial charge in [0.2, 0.25) is 0 Å². The summed E-state index contributed by atoms with van der Waals surface area (Å²) in [6.45, 7) is 7.50. The lowest BCUT2D eigenvalue weighted by Crippen LogP contribution is -2.35. The van der Waals surface area contributed by atoms with Crippen molar-refractivity contribution in [1.82, 2.24) is 5.32 Å². The Kier molecular flexibility index (Phi) is 11.3. The number of amides is 2. The number of ether oxygens (including phenoxy) is 1. The van der Waals surface area contributed by atoms with Gasteiger partial charge in [0.1, 0.15) is 0 Å². The summed E-state index contributed by atoms with van der Waals surface area (Å²) in [4.78, 5) is 28.3. The Morgan fingerprint density at radius 3 is 2.42 bits per heavy atom. The SMILES string of the molecule is CCCCCCc1ccc(C(=O)Nc2ccc(N3CCC(C)CC3)c(C(=O)NCCCOC)c2)cc1. The first-order valence-corrected chi connectivity index (χ1v) is 13.6. The summed E-state index contributed by atoms with van der Waals surface area (Å²) in [7, 11) is 1.66. The van der Waals surface area contributed by atoms with Crippen molar-refractivity contribution in [3.05, 3.63) is 59.2 Å². The summed E-state index contributed by atoms with van der Waals surface area (Å²) in [5.41, 5.74) is 4.03. The quantitative estimate of drug-likeness (QED) is 0.333. The number of nitrogens with one attached hydrogen (secondary N) is 2. The van der Waals surface area contributed by atoms with E-state index in [9.17, 15) is 9.59 Å². The zero-order valence-corrected chi connectivity index (χ0v) is 22.3. The number of unbranched alkanes of at least 4 members (excludes halogenated alkanes) is 3. The smallest absolute Gasteiger partial charge is 0.255 e. The molecule has 1 fully saturated rings. The minimum Gasteiger partial charge on any atom is -0.385 e.